The molecule has 5 rings (SSSR count). The van der Waals surface area contributed by atoms with Gasteiger partial charge in [0.05, 0.1) is 12.6 Å². The molecule has 1 aliphatic carbocycles. The fourth-order valence-corrected chi connectivity index (χ4v) is 3.22. The van der Waals surface area contributed by atoms with Gasteiger partial charge in [-0.3, -0.25) is 4.40 Å². The summed E-state index contributed by atoms with van der Waals surface area (Å²) in [6.07, 6.45) is 7.09. The summed E-state index contributed by atoms with van der Waals surface area (Å²) < 4.78 is 7.80. The Hall–Kier alpha value is -2.63. The lowest BCUT2D eigenvalue weighted by molar-refractivity contribution is 0.274. The maximum absolute atomic E-state index is 5.73. The van der Waals surface area contributed by atoms with Crippen molar-refractivity contribution in [2.24, 2.45) is 0 Å². The Labute approximate surface area is 133 Å². The first-order chi connectivity index (χ1) is 11.4. The minimum absolute atomic E-state index is 0.180. The van der Waals surface area contributed by atoms with Gasteiger partial charge in [0.25, 0.3) is 0 Å². The van der Waals surface area contributed by atoms with Crippen molar-refractivity contribution in [1.29, 1.82) is 0 Å². The van der Waals surface area contributed by atoms with Crippen molar-refractivity contribution in [3.8, 4) is 5.75 Å². The van der Waals surface area contributed by atoms with Crippen LogP contribution >= 0.6 is 0 Å². The Kier molecular flexibility index (Phi) is 2.76. The summed E-state index contributed by atoms with van der Waals surface area (Å²) in [5, 5.41) is 12.3. The van der Waals surface area contributed by atoms with Crippen LogP contribution in [0.15, 0.2) is 36.7 Å². The molecule has 1 aliphatic heterocycles. The number of para-hydroxylation sites is 1. The number of nitrogens with one attached hydrogen (secondary N) is 1. The van der Waals surface area contributed by atoms with E-state index in [2.05, 4.69) is 31.0 Å². The molecule has 23 heavy (non-hydrogen) atoms. The van der Waals surface area contributed by atoms with Gasteiger partial charge in [-0.25, -0.2) is 4.98 Å². The van der Waals surface area contributed by atoms with E-state index in [-0.39, 0.29) is 6.04 Å². The minimum Gasteiger partial charge on any atom is -0.493 e. The molecule has 3 aromatic rings. The maximum atomic E-state index is 5.73. The summed E-state index contributed by atoms with van der Waals surface area (Å²) >= 11 is 0. The van der Waals surface area contributed by atoms with E-state index in [9.17, 15) is 0 Å². The average molecular weight is 307 g/mol. The van der Waals surface area contributed by atoms with Gasteiger partial charge in [-0.1, -0.05) is 18.2 Å². The van der Waals surface area contributed by atoms with E-state index in [4.69, 9.17) is 4.74 Å². The molecule has 0 amide bonds. The minimum atomic E-state index is 0.180. The van der Waals surface area contributed by atoms with Crippen LogP contribution in [0.4, 0.5) is 5.82 Å². The van der Waals surface area contributed by atoms with E-state index in [0.29, 0.717) is 12.5 Å². The van der Waals surface area contributed by atoms with Gasteiger partial charge < -0.3 is 10.1 Å². The van der Waals surface area contributed by atoms with E-state index < -0.39 is 0 Å². The molecule has 0 spiro atoms. The van der Waals surface area contributed by atoms with Crippen LogP contribution in [0.3, 0.4) is 0 Å². The lowest BCUT2D eigenvalue weighted by atomic mass is 10.0. The zero-order valence-electron chi connectivity index (χ0n) is 12.6. The van der Waals surface area contributed by atoms with Crippen LogP contribution in [0.25, 0.3) is 5.65 Å². The first-order valence-electron chi connectivity index (χ1n) is 8.08. The second kappa shape index (κ2) is 4.94. The quantitative estimate of drug-likeness (QED) is 0.806. The number of nitrogens with zero attached hydrogens (tertiary/aromatic N) is 4. The van der Waals surface area contributed by atoms with E-state index in [1.165, 1.54) is 18.4 Å². The van der Waals surface area contributed by atoms with Crippen molar-refractivity contribution in [3.05, 3.63) is 48.0 Å². The van der Waals surface area contributed by atoms with Gasteiger partial charge in [0, 0.05) is 30.3 Å². The van der Waals surface area contributed by atoms with Crippen LogP contribution in [-0.2, 0) is 0 Å². The molecule has 2 aliphatic rings. The molecule has 6 heteroatoms. The van der Waals surface area contributed by atoms with Crippen LogP contribution < -0.4 is 10.1 Å². The van der Waals surface area contributed by atoms with Crippen LogP contribution in [0.1, 0.15) is 42.6 Å². The highest BCUT2D eigenvalue weighted by Gasteiger charge is 2.29. The zero-order valence-corrected chi connectivity index (χ0v) is 12.6. The summed E-state index contributed by atoms with van der Waals surface area (Å²) in [7, 11) is 0. The highest BCUT2D eigenvalue weighted by atomic mass is 16.5. The summed E-state index contributed by atoms with van der Waals surface area (Å²) in [5.41, 5.74) is 1.97. The molecule has 1 N–H and O–H groups in total. The van der Waals surface area contributed by atoms with Crippen LogP contribution in [0.5, 0.6) is 5.75 Å². The van der Waals surface area contributed by atoms with Crippen LogP contribution in [0, 0.1) is 0 Å². The molecular formula is C17H17N5O. The monoisotopic (exact) mass is 307 g/mol. The number of hydrogen-bond acceptors (Lipinski definition) is 5. The number of benzene rings is 1. The Balaban J connectivity index is 1.53. The molecule has 0 bridgehead atoms. The second-order valence-electron chi connectivity index (χ2n) is 6.17. The Bertz CT molecular complexity index is 870. The smallest absolute Gasteiger partial charge is 0.203 e. The topological polar surface area (TPSA) is 64.3 Å². The van der Waals surface area contributed by atoms with Gasteiger partial charge in [0.2, 0.25) is 5.65 Å². The van der Waals surface area contributed by atoms with Crippen molar-refractivity contribution in [3.63, 3.8) is 0 Å². The number of fused-ring (bicyclic) bond motifs is 2. The highest BCUT2D eigenvalue weighted by molar-refractivity contribution is 5.63. The van der Waals surface area contributed by atoms with E-state index >= 15 is 0 Å². The molecule has 3 heterocycles. The molecule has 1 aromatic carbocycles. The summed E-state index contributed by atoms with van der Waals surface area (Å²) in [6, 6.07) is 8.34. The third kappa shape index (κ3) is 2.13. The fraction of sp³-hybridized carbons (Fsp3) is 0.353. The predicted molar refractivity (Wildman–Crippen MR) is 85.7 cm³/mol. The van der Waals surface area contributed by atoms with Gasteiger partial charge in [-0.2, -0.15) is 0 Å². The first-order valence-corrected chi connectivity index (χ1v) is 8.08. The highest BCUT2D eigenvalue weighted by Crippen LogP contribution is 2.39. The molecular weight excluding hydrogens is 290 g/mol. The largest absolute Gasteiger partial charge is 0.493 e. The zero-order chi connectivity index (χ0) is 15.2. The standard InChI is InChI=1S/C17H17N5O/c1-2-4-14-12(3-1)13(7-10-23-14)19-15-17-21-20-16(11-5-6-11)22(17)9-8-18-15/h1-4,8-9,11,13H,5-7,10H2,(H,18,19). The van der Waals surface area contributed by atoms with Gasteiger partial charge in [0.15, 0.2) is 5.82 Å². The normalized spacial score (nSPS) is 20.1. The van der Waals surface area contributed by atoms with E-state index in [0.717, 1.165) is 29.5 Å². The van der Waals surface area contributed by atoms with E-state index in [1.807, 2.05) is 30.6 Å². The van der Waals surface area contributed by atoms with Crippen molar-refractivity contribution in [2.75, 3.05) is 11.9 Å². The lowest BCUT2D eigenvalue weighted by Gasteiger charge is -2.27. The molecule has 0 radical (unpaired) electrons. The van der Waals surface area contributed by atoms with Gasteiger partial charge >= 0.3 is 0 Å². The number of ether oxygens (including phenoxy) is 1. The Morgan fingerprint density at radius 2 is 2.04 bits per heavy atom. The lowest BCUT2D eigenvalue weighted by Crippen LogP contribution is -2.21. The molecule has 6 nitrogen and oxygen atoms in total. The third-order valence-corrected chi connectivity index (χ3v) is 4.57. The van der Waals surface area contributed by atoms with Crippen molar-refractivity contribution < 1.29 is 4.74 Å². The Morgan fingerprint density at radius 3 is 2.96 bits per heavy atom. The second-order valence-corrected chi connectivity index (χ2v) is 6.17. The summed E-state index contributed by atoms with van der Waals surface area (Å²) in [6.45, 7) is 0.706. The van der Waals surface area contributed by atoms with Crippen molar-refractivity contribution in [1.82, 2.24) is 19.6 Å². The molecule has 1 saturated carbocycles. The van der Waals surface area contributed by atoms with Crippen molar-refractivity contribution in [2.45, 2.75) is 31.2 Å². The molecule has 1 unspecified atom stereocenters. The molecule has 1 fully saturated rings. The SMILES string of the molecule is c1ccc2c(c1)OCCC2Nc1nccn2c(C3CC3)nnc12. The van der Waals surface area contributed by atoms with Crippen molar-refractivity contribution >= 4 is 11.5 Å². The number of hydrogen-bond donors (Lipinski definition) is 1. The average Bonchev–Trinajstić information content (AvgIpc) is 3.34. The molecule has 2 aromatic heterocycles. The van der Waals surface area contributed by atoms with Crippen LogP contribution in [-0.4, -0.2) is 26.2 Å². The van der Waals surface area contributed by atoms with Gasteiger partial charge in [0.1, 0.15) is 11.6 Å². The fourth-order valence-electron chi connectivity index (χ4n) is 3.22. The van der Waals surface area contributed by atoms with Gasteiger partial charge in [-0.15, -0.1) is 10.2 Å². The summed E-state index contributed by atoms with van der Waals surface area (Å²) in [4.78, 5) is 4.49. The number of rotatable bonds is 3. The predicted octanol–water partition coefficient (Wildman–Crippen LogP) is 2.94. The molecule has 0 saturated heterocycles. The third-order valence-electron chi connectivity index (χ3n) is 4.57. The number of aromatic nitrogens is 4. The summed E-state index contributed by atoms with van der Waals surface area (Å²) in [5.74, 6) is 3.35. The Morgan fingerprint density at radius 1 is 1.13 bits per heavy atom. The number of anilines is 1. The molecule has 116 valence electrons. The maximum Gasteiger partial charge on any atom is 0.203 e. The van der Waals surface area contributed by atoms with Crippen LogP contribution in [0.2, 0.25) is 0 Å². The molecule has 1 atom stereocenters. The van der Waals surface area contributed by atoms with Gasteiger partial charge in [-0.05, 0) is 18.9 Å². The first kappa shape index (κ1) is 12.9. The van der Waals surface area contributed by atoms with E-state index in [1.54, 1.807) is 0 Å².